The average Bonchev–Trinajstić information content (AvgIpc) is 2.61. The number of hydrogen-bond donors (Lipinski definition) is 2. The summed E-state index contributed by atoms with van der Waals surface area (Å²) in [6, 6.07) is 6.43. The fourth-order valence-electron chi connectivity index (χ4n) is 2.24. The first-order chi connectivity index (χ1) is 12.3. The van der Waals surface area contributed by atoms with E-state index in [0.29, 0.717) is 13.1 Å². The standard InChI is InChI=1S/C17H27N3O5S/c1-4-20(5-2)26(23,24)15-9-7-14(8-10-15)13-19-16(21)11-12-18-17(22)25-6-3/h7-10H,4-6,11-13H2,1-3H3,(H,18,22)(H,19,21). The van der Waals surface area contributed by atoms with Crippen LogP contribution in [0.15, 0.2) is 29.2 Å². The fraction of sp³-hybridized carbons (Fsp3) is 0.529. The van der Waals surface area contributed by atoms with Crippen molar-refractivity contribution in [3.8, 4) is 0 Å². The zero-order chi connectivity index (χ0) is 19.6. The molecule has 0 aliphatic heterocycles. The summed E-state index contributed by atoms with van der Waals surface area (Å²) in [5.41, 5.74) is 0.787. The van der Waals surface area contributed by atoms with Crippen LogP contribution >= 0.6 is 0 Å². The third-order valence-corrected chi connectivity index (χ3v) is 5.72. The first kappa shape index (κ1) is 21.9. The maximum Gasteiger partial charge on any atom is 0.407 e. The van der Waals surface area contributed by atoms with Crippen LogP contribution in [0, 0.1) is 0 Å². The second-order valence-corrected chi connectivity index (χ2v) is 7.35. The van der Waals surface area contributed by atoms with Gasteiger partial charge in [-0.2, -0.15) is 4.31 Å². The molecule has 0 radical (unpaired) electrons. The molecule has 0 aromatic heterocycles. The summed E-state index contributed by atoms with van der Waals surface area (Å²) in [5.74, 6) is -0.221. The van der Waals surface area contributed by atoms with Gasteiger partial charge in [0.05, 0.1) is 11.5 Å². The van der Waals surface area contributed by atoms with Crippen LogP contribution in [0.1, 0.15) is 32.8 Å². The summed E-state index contributed by atoms with van der Waals surface area (Å²) in [5, 5.41) is 5.18. The molecule has 2 amide bonds. The van der Waals surface area contributed by atoms with Gasteiger partial charge in [-0.05, 0) is 24.6 Å². The van der Waals surface area contributed by atoms with E-state index in [9.17, 15) is 18.0 Å². The molecule has 26 heavy (non-hydrogen) atoms. The molecule has 1 aromatic carbocycles. The molecule has 146 valence electrons. The molecule has 8 nitrogen and oxygen atoms in total. The molecule has 0 fully saturated rings. The molecule has 0 aliphatic rings. The Kier molecular flexibility index (Phi) is 9.08. The van der Waals surface area contributed by atoms with Crippen molar-refractivity contribution in [1.29, 1.82) is 0 Å². The predicted molar refractivity (Wildman–Crippen MR) is 98.0 cm³/mol. The van der Waals surface area contributed by atoms with Crippen LogP contribution in [0.25, 0.3) is 0 Å². The number of carbonyl (C=O) groups is 2. The van der Waals surface area contributed by atoms with E-state index in [1.807, 2.05) is 0 Å². The number of amides is 2. The number of nitrogens with one attached hydrogen (secondary N) is 2. The molecule has 2 N–H and O–H groups in total. The lowest BCUT2D eigenvalue weighted by molar-refractivity contribution is -0.121. The third kappa shape index (κ3) is 6.64. The van der Waals surface area contributed by atoms with Crippen LogP contribution in [0.5, 0.6) is 0 Å². The van der Waals surface area contributed by atoms with Crippen molar-refractivity contribution in [2.45, 2.75) is 38.6 Å². The van der Waals surface area contributed by atoms with Gasteiger partial charge in [-0.25, -0.2) is 13.2 Å². The van der Waals surface area contributed by atoms with Gasteiger partial charge in [0.1, 0.15) is 0 Å². The van der Waals surface area contributed by atoms with E-state index < -0.39 is 16.1 Å². The molecule has 0 heterocycles. The number of hydrogen-bond acceptors (Lipinski definition) is 5. The van der Waals surface area contributed by atoms with Gasteiger partial charge in [0.2, 0.25) is 15.9 Å². The highest BCUT2D eigenvalue weighted by atomic mass is 32.2. The summed E-state index contributed by atoms with van der Waals surface area (Å²) in [4.78, 5) is 23.1. The number of rotatable bonds is 10. The van der Waals surface area contributed by atoms with Gasteiger partial charge in [0.25, 0.3) is 0 Å². The molecule has 0 atom stereocenters. The highest BCUT2D eigenvalue weighted by molar-refractivity contribution is 7.89. The molecule has 1 rings (SSSR count). The highest BCUT2D eigenvalue weighted by Gasteiger charge is 2.21. The van der Waals surface area contributed by atoms with Gasteiger partial charge >= 0.3 is 6.09 Å². The van der Waals surface area contributed by atoms with E-state index >= 15 is 0 Å². The zero-order valence-corrected chi connectivity index (χ0v) is 16.3. The lowest BCUT2D eigenvalue weighted by Crippen LogP contribution is -2.31. The smallest absolute Gasteiger partial charge is 0.407 e. The van der Waals surface area contributed by atoms with Crippen molar-refractivity contribution in [1.82, 2.24) is 14.9 Å². The minimum absolute atomic E-state index is 0.132. The maximum atomic E-state index is 12.4. The van der Waals surface area contributed by atoms with Crippen molar-refractivity contribution in [2.24, 2.45) is 0 Å². The van der Waals surface area contributed by atoms with Gasteiger partial charge in [0, 0.05) is 32.6 Å². The van der Waals surface area contributed by atoms with E-state index in [1.165, 1.54) is 16.4 Å². The Morgan fingerprint density at radius 1 is 1.04 bits per heavy atom. The Balaban J connectivity index is 2.50. The minimum Gasteiger partial charge on any atom is -0.450 e. The number of nitrogens with zero attached hydrogens (tertiary/aromatic N) is 1. The highest BCUT2D eigenvalue weighted by Crippen LogP contribution is 2.16. The minimum atomic E-state index is -3.48. The first-order valence-corrected chi connectivity index (χ1v) is 10.1. The van der Waals surface area contributed by atoms with E-state index in [-0.39, 0.29) is 36.9 Å². The van der Waals surface area contributed by atoms with Gasteiger partial charge in [-0.3, -0.25) is 4.79 Å². The largest absolute Gasteiger partial charge is 0.450 e. The summed E-state index contributed by atoms with van der Waals surface area (Å²) >= 11 is 0. The van der Waals surface area contributed by atoms with Crippen LogP contribution in [-0.4, -0.2) is 51.0 Å². The van der Waals surface area contributed by atoms with Crippen molar-refractivity contribution in [2.75, 3.05) is 26.2 Å². The van der Waals surface area contributed by atoms with Gasteiger partial charge < -0.3 is 15.4 Å². The van der Waals surface area contributed by atoms with Crippen LogP contribution in [-0.2, 0) is 26.1 Å². The SMILES string of the molecule is CCOC(=O)NCCC(=O)NCc1ccc(S(=O)(=O)N(CC)CC)cc1. The summed E-state index contributed by atoms with van der Waals surface area (Å²) in [6.45, 7) is 6.86. The monoisotopic (exact) mass is 385 g/mol. The van der Waals surface area contributed by atoms with E-state index in [0.717, 1.165) is 5.56 Å². The Morgan fingerprint density at radius 2 is 1.65 bits per heavy atom. The lowest BCUT2D eigenvalue weighted by atomic mass is 10.2. The molecular formula is C17H27N3O5S. The van der Waals surface area contributed by atoms with Crippen molar-refractivity contribution in [3.05, 3.63) is 29.8 Å². The molecule has 0 spiro atoms. The van der Waals surface area contributed by atoms with E-state index in [1.54, 1.807) is 32.9 Å². The summed E-state index contributed by atoms with van der Waals surface area (Å²) < 4.78 is 30.9. The second-order valence-electron chi connectivity index (χ2n) is 5.41. The van der Waals surface area contributed by atoms with E-state index in [4.69, 9.17) is 4.74 Å². The second kappa shape index (κ2) is 10.8. The number of ether oxygens (including phenoxy) is 1. The molecule has 9 heteroatoms. The van der Waals surface area contributed by atoms with Crippen molar-refractivity contribution in [3.63, 3.8) is 0 Å². The average molecular weight is 385 g/mol. The fourth-order valence-corrected chi connectivity index (χ4v) is 3.70. The molecule has 0 bridgehead atoms. The van der Waals surface area contributed by atoms with Crippen molar-refractivity contribution >= 4 is 22.0 Å². The number of sulfonamides is 1. The normalized spacial score (nSPS) is 11.2. The Morgan fingerprint density at radius 3 is 2.19 bits per heavy atom. The molecule has 1 aromatic rings. The first-order valence-electron chi connectivity index (χ1n) is 8.61. The summed E-state index contributed by atoms with van der Waals surface area (Å²) in [7, 11) is -3.48. The maximum absolute atomic E-state index is 12.4. The Labute approximate surface area is 155 Å². The molecule has 0 aliphatic carbocycles. The molecular weight excluding hydrogens is 358 g/mol. The third-order valence-electron chi connectivity index (χ3n) is 3.65. The predicted octanol–water partition coefficient (Wildman–Crippen LogP) is 1.47. The van der Waals surface area contributed by atoms with Crippen LogP contribution in [0.2, 0.25) is 0 Å². The van der Waals surface area contributed by atoms with Gasteiger partial charge in [-0.1, -0.05) is 26.0 Å². The quantitative estimate of drug-likeness (QED) is 0.635. The molecule has 0 saturated carbocycles. The summed E-state index contributed by atoms with van der Waals surface area (Å²) in [6.07, 6.45) is -0.418. The number of alkyl carbamates (subject to hydrolysis) is 1. The van der Waals surface area contributed by atoms with Gasteiger partial charge in [0.15, 0.2) is 0 Å². The number of carbonyl (C=O) groups excluding carboxylic acids is 2. The van der Waals surface area contributed by atoms with Crippen molar-refractivity contribution < 1.29 is 22.7 Å². The number of benzene rings is 1. The van der Waals surface area contributed by atoms with Crippen LogP contribution in [0.3, 0.4) is 0 Å². The molecule has 0 unspecified atom stereocenters. The van der Waals surface area contributed by atoms with E-state index in [2.05, 4.69) is 10.6 Å². The molecule has 0 saturated heterocycles. The van der Waals surface area contributed by atoms with Gasteiger partial charge in [-0.15, -0.1) is 0 Å². The van der Waals surface area contributed by atoms with Crippen LogP contribution in [0.4, 0.5) is 4.79 Å². The van der Waals surface area contributed by atoms with Crippen LogP contribution < -0.4 is 10.6 Å². The topological polar surface area (TPSA) is 105 Å². The lowest BCUT2D eigenvalue weighted by Gasteiger charge is -2.18. The Hall–Kier alpha value is -2.13. The zero-order valence-electron chi connectivity index (χ0n) is 15.4. The Bertz CT molecular complexity index is 685.